The number of aromatic nitrogens is 3. The standard InChI is InChI=1S/C27H26ClF3N6O2S/c1-14-34-35-26(40-14)36-12-27(13-36)20-7-4-17(29)9-21(20)37(25(27)39)11-15-2-5-18(6-3-15)33-24(38)19-8-16(28)10-32-22(19)23(30)31/h4,7-10,15,18,23H,2-3,5-6,11-13H2,1H3,(H,33,38)/t15-,18-. The summed E-state index contributed by atoms with van der Waals surface area (Å²) in [5.74, 6) is -0.909. The van der Waals surface area contributed by atoms with E-state index in [1.807, 2.05) is 11.8 Å². The van der Waals surface area contributed by atoms with Crippen molar-refractivity contribution in [3.63, 3.8) is 0 Å². The van der Waals surface area contributed by atoms with Gasteiger partial charge in [0.2, 0.25) is 11.0 Å². The van der Waals surface area contributed by atoms with Gasteiger partial charge in [-0.05, 0) is 62.3 Å². The fourth-order valence-corrected chi connectivity index (χ4v) is 6.92. The topological polar surface area (TPSA) is 91.3 Å². The lowest BCUT2D eigenvalue weighted by Gasteiger charge is -2.46. The maximum absolute atomic E-state index is 14.3. The minimum absolute atomic E-state index is 0.0333. The van der Waals surface area contributed by atoms with Gasteiger partial charge in [-0.1, -0.05) is 29.0 Å². The van der Waals surface area contributed by atoms with Crippen molar-refractivity contribution in [3.8, 4) is 0 Å². The van der Waals surface area contributed by atoms with Crippen LogP contribution in [-0.2, 0) is 10.2 Å². The van der Waals surface area contributed by atoms with Crippen molar-refractivity contribution in [2.45, 2.75) is 50.5 Å². The molecular weight excluding hydrogens is 565 g/mol. The molecule has 3 aromatic rings. The van der Waals surface area contributed by atoms with Gasteiger partial charge in [-0.15, -0.1) is 10.2 Å². The van der Waals surface area contributed by atoms with E-state index in [-0.39, 0.29) is 28.5 Å². The molecule has 1 saturated heterocycles. The highest BCUT2D eigenvalue weighted by Gasteiger charge is 2.59. The maximum Gasteiger partial charge on any atom is 0.281 e. The van der Waals surface area contributed by atoms with E-state index in [9.17, 15) is 22.8 Å². The molecule has 2 fully saturated rings. The number of benzene rings is 1. The summed E-state index contributed by atoms with van der Waals surface area (Å²) in [5.41, 5.74) is -0.113. The van der Waals surface area contributed by atoms with Crippen LogP contribution in [0.25, 0.3) is 0 Å². The van der Waals surface area contributed by atoms with E-state index in [0.717, 1.165) is 34.7 Å². The number of carbonyl (C=O) groups excluding carboxylic acids is 2. The molecule has 8 nitrogen and oxygen atoms in total. The summed E-state index contributed by atoms with van der Waals surface area (Å²) >= 11 is 7.37. The number of nitrogens with one attached hydrogen (secondary N) is 1. The number of rotatable bonds is 6. The van der Waals surface area contributed by atoms with Crippen LogP contribution in [0.3, 0.4) is 0 Å². The number of alkyl halides is 2. The second-order valence-electron chi connectivity index (χ2n) is 10.7. The van der Waals surface area contributed by atoms with E-state index in [1.54, 1.807) is 11.0 Å². The number of carbonyl (C=O) groups is 2. The Bertz CT molecular complexity index is 1470. The Kier molecular flexibility index (Phi) is 6.94. The van der Waals surface area contributed by atoms with Gasteiger partial charge >= 0.3 is 0 Å². The first-order valence-electron chi connectivity index (χ1n) is 13.1. The number of aryl methyl sites for hydroxylation is 1. The molecule has 0 bridgehead atoms. The molecule has 0 radical (unpaired) electrons. The van der Waals surface area contributed by atoms with Gasteiger partial charge in [0.15, 0.2) is 0 Å². The summed E-state index contributed by atoms with van der Waals surface area (Å²) in [6, 6.07) is 5.56. The van der Waals surface area contributed by atoms with E-state index < -0.39 is 29.3 Å². The molecule has 1 aliphatic carbocycles. The zero-order valence-corrected chi connectivity index (χ0v) is 23.1. The number of hydrogen-bond acceptors (Lipinski definition) is 7. The average Bonchev–Trinajstić information content (AvgIpc) is 3.42. The van der Waals surface area contributed by atoms with Crippen LogP contribution >= 0.6 is 22.9 Å². The maximum atomic E-state index is 14.3. The third-order valence-electron chi connectivity index (χ3n) is 8.09. The Balaban J connectivity index is 1.11. The quantitative estimate of drug-likeness (QED) is 0.431. The number of halogens is 4. The summed E-state index contributed by atoms with van der Waals surface area (Å²) in [6.45, 7) is 3.26. The molecule has 2 aromatic heterocycles. The second kappa shape index (κ2) is 10.3. The minimum Gasteiger partial charge on any atom is -0.349 e. The van der Waals surface area contributed by atoms with Crippen LogP contribution in [0.5, 0.6) is 0 Å². The highest BCUT2D eigenvalue weighted by molar-refractivity contribution is 7.15. The van der Waals surface area contributed by atoms with Gasteiger partial charge in [-0.3, -0.25) is 14.6 Å². The molecular formula is C27H26ClF3N6O2S. The summed E-state index contributed by atoms with van der Waals surface area (Å²) in [5, 5.41) is 12.8. The molecule has 0 atom stereocenters. The van der Waals surface area contributed by atoms with Crippen LogP contribution in [-0.4, -0.2) is 52.7 Å². The van der Waals surface area contributed by atoms with Crippen molar-refractivity contribution in [1.82, 2.24) is 20.5 Å². The second-order valence-corrected chi connectivity index (χ2v) is 12.3. The van der Waals surface area contributed by atoms with Gasteiger partial charge in [0, 0.05) is 31.9 Å². The van der Waals surface area contributed by atoms with Crippen LogP contribution in [0.15, 0.2) is 30.5 Å². The number of amides is 2. The molecule has 1 saturated carbocycles. The fourth-order valence-electron chi connectivity index (χ4n) is 6.07. The Morgan fingerprint density at radius 1 is 1.20 bits per heavy atom. The van der Waals surface area contributed by atoms with Crippen molar-refractivity contribution in [2.24, 2.45) is 5.92 Å². The summed E-state index contributed by atoms with van der Waals surface area (Å²) in [4.78, 5) is 34.0. The van der Waals surface area contributed by atoms with Crippen molar-refractivity contribution < 1.29 is 22.8 Å². The normalized spacial score (nSPS) is 21.6. The summed E-state index contributed by atoms with van der Waals surface area (Å²) in [7, 11) is 0. The summed E-state index contributed by atoms with van der Waals surface area (Å²) in [6.07, 6.45) is 0.893. The number of hydrogen-bond donors (Lipinski definition) is 1. The molecule has 0 unspecified atom stereocenters. The monoisotopic (exact) mass is 590 g/mol. The lowest BCUT2D eigenvalue weighted by atomic mass is 9.75. The highest BCUT2D eigenvalue weighted by atomic mass is 35.5. The zero-order valence-electron chi connectivity index (χ0n) is 21.5. The van der Waals surface area contributed by atoms with Crippen molar-refractivity contribution in [2.75, 3.05) is 29.4 Å². The van der Waals surface area contributed by atoms with Crippen LogP contribution < -0.4 is 15.1 Å². The van der Waals surface area contributed by atoms with Gasteiger partial charge in [0.25, 0.3) is 12.3 Å². The number of fused-ring (bicyclic) bond motifs is 2. The first-order chi connectivity index (χ1) is 19.1. The third kappa shape index (κ3) is 4.70. The lowest BCUT2D eigenvalue weighted by Crippen LogP contribution is -2.64. The predicted octanol–water partition coefficient (Wildman–Crippen LogP) is 5.07. The molecule has 6 rings (SSSR count). The van der Waals surface area contributed by atoms with Crippen molar-refractivity contribution in [3.05, 3.63) is 63.1 Å². The first-order valence-corrected chi connectivity index (χ1v) is 14.3. The minimum atomic E-state index is -2.90. The van der Waals surface area contributed by atoms with Crippen molar-refractivity contribution in [1.29, 1.82) is 0 Å². The van der Waals surface area contributed by atoms with Crippen molar-refractivity contribution >= 4 is 45.6 Å². The van der Waals surface area contributed by atoms with Crippen LogP contribution in [0, 0.1) is 18.7 Å². The van der Waals surface area contributed by atoms with E-state index in [0.29, 0.717) is 38.2 Å². The number of nitrogens with zero attached hydrogens (tertiary/aromatic N) is 5. The van der Waals surface area contributed by atoms with Gasteiger partial charge in [-0.2, -0.15) is 0 Å². The van der Waals surface area contributed by atoms with Gasteiger partial charge in [0.05, 0.1) is 16.3 Å². The molecule has 1 aromatic carbocycles. The molecule has 1 N–H and O–H groups in total. The smallest absolute Gasteiger partial charge is 0.281 e. The average molecular weight is 591 g/mol. The molecule has 2 amide bonds. The van der Waals surface area contributed by atoms with E-state index in [2.05, 4.69) is 20.5 Å². The Morgan fingerprint density at radius 3 is 2.62 bits per heavy atom. The molecule has 3 aliphatic rings. The third-order valence-corrected chi connectivity index (χ3v) is 9.19. The zero-order chi connectivity index (χ0) is 28.2. The molecule has 1 spiro atoms. The molecule has 13 heteroatoms. The molecule has 2 aliphatic heterocycles. The predicted molar refractivity (Wildman–Crippen MR) is 145 cm³/mol. The molecule has 4 heterocycles. The lowest BCUT2D eigenvalue weighted by molar-refractivity contribution is -0.124. The SMILES string of the molecule is Cc1nnc(N2CC3(C2)C(=O)N(C[C@H]2CC[C@H](NC(=O)c4cc(Cl)cnc4C(F)F)CC2)c2cc(F)ccc23)s1. The Hall–Kier alpha value is -3.25. The molecule has 40 heavy (non-hydrogen) atoms. The van der Waals surface area contributed by atoms with E-state index >= 15 is 0 Å². The Labute approximate surface area is 237 Å². The van der Waals surface area contributed by atoms with Gasteiger partial charge in [-0.25, -0.2) is 13.2 Å². The first kappa shape index (κ1) is 26.9. The van der Waals surface area contributed by atoms with Crippen LogP contribution in [0.2, 0.25) is 5.02 Å². The van der Waals surface area contributed by atoms with E-state index in [1.165, 1.54) is 29.5 Å². The number of anilines is 2. The van der Waals surface area contributed by atoms with Crippen LogP contribution in [0.1, 0.15) is 58.7 Å². The number of pyridine rings is 1. The summed E-state index contributed by atoms with van der Waals surface area (Å²) < 4.78 is 41.0. The van der Waals surface area contributed by atoms with Gasteiger partial charge in [0.1, 0.15) is 21.9 Å². The van der Waals surface area contributed by atoms with E-state index in [4.69, 9.17) is 11.6 Å². The largest absolute Gasteiger partial charge is 0.349 e. The Morgan fingerprint density at radius 2 is 1.95 bits per heavy atom. The molecule has 210 valence electrons. The van der Waals surface area contributed by atoms with Gasteiger partial charge < -0.3 is 15.1 Å². The fraction of sp³-hybridized carbons (Fsp3) is 0.444. The highest BCUT2D eigenvalue weighted by Crippen LogP contribution is 2.49. The van der Waals surface area contributed by atoms with Crippen LogP contribution in [0.4, 0.5) is 24.0 Å².